The van der Waals surface area contributed by atoms with E-state index >= 15 is 0 Å². The molecule has 0 radical (unpaired) electrons. The molecule has 0 bridgehead atoms. The topological polar surface area (TPSA) is 56.2 Å². The normalized spacial score (nSPS) is 11.2. The molecule has 5 heteroatoms. The zero-order valence-electron chi connectivity index (χ0n) is 6.82. The van der Waals surface area contributed by atoms with Gasteiger partial charge in [-0.1, -0.05) is 11.3 Å². The van der Waals surface area contributed by atoms with E-state index in [9.17, 15) is 0 Å². The highest BCUT2D eigenvalue weighted by molar-refractivity contribution is 7.16. The van der Waals surface area contributed by atoms with Crippen molar-refractivity contribution in [2.24, 2.45) is 5.73 Å². The van der Waals surface area contributed by atoms with Gasteiger partial charge in [-0.25, -0.2) is 9.50 Å². The maximum Gasteiger partial charge on any atom is 0.212 e. The lowest BCUT2D eigenvalue weighted by Crippen LogP contribution is -2.02. The van der Waals surface area contributed by atoms with Crippen LogP contribution in [0.5, 0.6) is 0 Å². The molecule has 2 heterocycles. The van der Waals surface area contributed by atoms with Gasteiger partial charge in [0.1, 0.15) is 5.01 Å². The number of imidazole rings is 1. The maximum absolute atomic E-state index is 5.42. The van der Waals surface area contributed by atoms with Crippen LogP contribution in [0.3, 0.4) is 0 Å². The SMILES string of the molecule is Cc1cn2nc(CCN)sc2n1. The van der Waals surface area contributed by atoms with E-state index in [1.807, 2.05) is 17.6 Å². The minimum Gasteiger partial charge on any atom is -0.330 e. The summed E-state index contributed by atoms with van der Waals surface area (Å²) in [6.45, 7) is 2.61. The molecule has 0 aliphatic rings. The van der Waals surface area contributed by atoms with E-state index in [4.69, 9.17) is 5.73 Å². The Morgan fingerprint density at radius 1 is 1.67 bits per heavy atom. The Morgan fingerprint density at radius 2 is 2.50 bits per heavy atom. The predicted molar refractivity (Wildman–Crippen MR) is 48.4 cm³/mol. The van der Waals surface area contributed by atoms with E-state index in [2.05, 4.69) is 10.1 Å². The van der Waals surface area contributed by atoms with Crippen LogP contribution in [-0.2, 0) is 6.42 Å². The summed E-state index contributed by atoms with van der Waals surface area (Å²) in [5, 5.41) is 5.37. The molecule has 0 aliphatic heterocycles. The van der Waals surface area contributed by atoms with Crippen LogP contribution < -0.4 is 5.73 Å². The van der Waals surface area contributed by atoms with E-state index < -0.39 is 0 Å². The van der Waals surface area contributed by atoms with Gasteiger partial charge >= 0.3 is 0 Å². The maximum atomic E-state index is 5.42. The van der Waals surface area contributed by atoms with Gasteiger partial charge in [0.05, 0.1) is 11.9 Å². The van der Waals surface area contributed by atoms with E-state index in [0.29, 0.717) is 6.54 Å². The van der Waals surface area contributed by atoms with Gasteiger partial charge in [-0.2, -0.15) is 5.10 Å². The second kappa shape index (κ2) is 2.84. The highest BCUT2D eigenvalue weighted by Crippen LogP contribution is 2.13. The fraction of sp³-hybridized carbons (Fsp3) is 0.429. The van der Waals surface area contributed by atoms with Crippen LogP contribution in [0.2, 0.25) is 0 Å². The number of rotatable bonds is 2. The molecule has 12 heavy (non-hydrogen) atoms. The second-order valence-corrected chi connectivity index (χ2v) is 3.68. The Balaban J connectivity index is 2.43. The molecule has 0 amide bonds. The third-order valence-corrected chi connectivity index (χ3v) is 2.55. The smallest absolute Gasteiger partial charge is 0.212 e. The average molecular weight is 182 g/mol. The van der Waals surface area contributed by atoms with Crippen molar-refractivity contribution in [1.82, 2.24) is 14.6 Å². The third-order valence-electron chi connectivity index (χ3n) is 1.56. The molecule has 0 saturated carbocycles. The molecule has 0 aromatic carbocycles. The average Bonchev–Trinajstić information content (AvgIpc) is 2.44. The van der Waals surface area contributed by atoms with Gasteiger partial charge in [0, 0.05) is 6.42 Å². The molecule has 64 valence electrons. The molecule has 0 unspecified atom stereocenters. The van der Waals surface area contributed by atoms with Crippen molar-refractivity contribution >= 4 is 16.3 Å². The van der Waals surface area contributed by atoms with Gasteiger partial charge in [0.15, 0.2) is 0 Å². The number of nitrogens with two attached hydrogens (primary N) is 1. The van der Waals surface area contributed by atoms with Crippen LogP contribution in [0, 0.1) is 6.92 Å². The number of nitrogens with zero attached hydrogens (tertiary/aromatic N) is 3. The van der Waals surface area contributed by atoms with Gasteiger partial charge in [-0.15, -0.1) is 0 Å². The highest BCUT2D eigenvalue weighted by atomic mass is 32.1. The summed E-state index contributed by atoms with van der Waals surface area (Å²) in [5.74, 6) is 0. The van der Waals surface area contributed by atoms with Crippen LogP contribution in [0.1, 0.15) is 10.7 Å². The number of hydrogen-bond donors (Lipinski definition) is 1. The number of aromatic nitrogens is 3. The Bertz CT molecular complexity index is 357. The molecular formula is C7H10N4S. The van der Waals surface area contributed by atoms with Crippen molar-refractivity contribution in [2.75, 3.05) is 6.54 Å². The quantitative estimate of drug-likeness (QED) is 0.740. The fourth-order valence-electron chi connectivity index (χ4n) is 1.07. The van der Waals surface area contributed by atoms with Crippen molar-refractivity contribution in [2.45, 2.75) is 13.3 Å². The largest absolute Gasteiger partial charge is 0.330 e. The van der Waals surface area contributed by atoms with Crippen LogP contribution in [-0.4, -0.2) is 21.1 Å². The first kappa shape index (κ1) is 7.70. The molecule has 2 aromatic heterocycles. The van der Waals surface area contributed by atoms with E-state index in [1.165, 1.54) is 0 Å². The standard InChI is InChI=1S/C7H10N4S/c1-5-4-11-7(9-5)12-6(10-11)2-3-8/h4H,2-3,8H2,1H3. The van der Waals surface area contributed by atoms with Gasteiger partial charge < -0.3 is 5.73 Å². The molecule has 2 aromatic rings. The van der Waals surface area contributed by atoms with E-state index in [0.717, 1.165) is 22.1 Å². The Morgan fingerprint density at radius 3 is 3.17 bits per heavy atom. The van der Waals surface area contributed by atoms with Crippen molar-refractivity contribution in [1.29, 1.82) is 0 Å². The number of aryl methyl sites for hydroxylation is 1. The molecule has 4 nitrogen and oxygen atoms in total. The second-order valence-electron chi connectivity index (χ2n) is 2.64. The minimum atomic E-state index is 0.648. The first-order valence-electron chi connectivity index (χ1n) is 3.81. The van der Waals surface area contributed by atoms with Gasteiger partial charge in [-0.05, 0) is 13.5 Å². The number of hydrogen-bond acceptors (Lipinski definition) is 4. The van der Waals surface area contributed by atoms with Crippen LogP contribution in [0.15, 0.2) is 6.20 Å². The predicted octanol–water partition coefficient (Wildman–Crippen LogP) is 0.600. The van der Waals surface area contributed by atoms with Crippen molar-refractivity contribution < 1.29 is 0 Å². The molecule has 0 saturated heterocycles. The lowest BCUT2D eigenvalue weighted by molar-refractivity contribution is 0.871. The van der Waals surface area contributed by atoms with Crippen LogP contribution in [0.25, 0.3) is 4.96 Å². The summed E-state index contributed by atoms with van der Waals surface area (Å²) in [7, 11) is 0. The van der Waals surface area contributed by atoms with E-state index in [1.54, 1.807) is 11.3 Å². The summed E-state index contributed by atoms with van der Waals surface area (Å²) in [6.07, 6.45) is 2.76. The van der Waals surface area contributed by atoms with Crippen LogP contribution >= 0.6 is 11.3 Å². The summed E-state index contributed by atoms with van der Waals surface area (Å²) < 4.78 is 1.81. The van der Waals surface area contributed by atoms with Crippen molar-refractivity contribution in [3.8, 4) is 0 Å². The molecular weight excluding hydrogens is 172 g/mol. The van der Waals surface area contributed by atoms with Crippen LogP contribution in [0.4, 0.5) is 0 Å². The summed E-state index contributed by atoms with van der Waals surface area (Å²) in [5.41, 5.74) is 6.43. The molecule has 0 spiro atoms. The Labute approximate surface area is 74.0 Å². The molecule has 0 fully saturated rings. The van der Waals surface area contributed by atoms with Crippen molar-refractivity contribution in [3.63, 3.8) is 0 Å². The molecule has 2 rings (SSSR count). The molecule has 0 aliphatic carbocycles. The monoisotopic (exact) mass is 182 g/mol. The van der Waals surface area contributed by atoms with Gasteiger partial charge in [0.2, 0.25) is 4.96 Å². The fourth-order valence-corrected chi connectivity index (χ4v) is 2.01. The minimum absolute atomic E-state index is 0.648. The van der Waals surface area contributed by atoms with Gasteiger partial charge in [-0.3, -0.25) is 0 Å². The summed E-state index contributed by atoms with van der Waals surface area (Å²) >= 11 is 1.60. The van der Waals surface area contributed by atoms with Crippen molar-refractivity contribution in [3.05, 3.63) is 16.9 Å². The zero-order chi connectivity index (χ0) is 8.55. The third kappa shape index (κ3) is 1.21. The summed E-state index contributed by atoms with van der Waals surface area (Å²) in [6, 6.07) is 0. The summed E-state index contributed by atoms with van der Waals surface area (Å²) in [4.78, 5) is 5.25. The lowest BCUT2D eigenvalue weighted by Gasteiger charge is -1.85. The number of fused-ring (bicyclic) bond motifs is 1. The lowest BCUT2D eigenvalue weighted by atomic mass is 10.5. The molecule has 0 atom stereocenters. The van der Waals surface area contributed by atoms with E-state index in [-0.39, 0.29) is 0 Å². The highest BCUT2D eigenvalue weighted by Gasteiger charge is 2.04. The molecule has 2 N–H and O–H groups in total. The first-order valence-corrected chi connectivity index (χ1v) is 4.63. The first-order chi connectivity index (χ1) is 5.79. The zero-order valence-corrected chi connectivity index (χ0v) is 7.64. The van der Waals surface area contributed by atoms with Gasteiger partial charge in [0.25, 0.3) is 0 Å². The Kier molecular flexibility index (Phi) is 1.82. The Hall–Kier alpha value is -0.940.